The van der Waals surface area contributed by atoms with Crippen LogP contribution in [0.2, 0.25) is 0 Å². The number of nitrogens with zero attached hydrogens (tertiary/aromatic N) is 3. The molecule has 0 aliphatic carbocycles. The van der Waals surface area contributed by atoms with Crippen LogP contribution < -0.4 is 11.7 Å². The predicted molar refractivity (Wildman–Crippen MR) is 45.0 cm³/mol. The van der Waals surface area contributed by atoms with Gasteiger partial charge in [-0.15, -0.1) is 0 Å². The Morgan fingerprint density at radius 3 is 2.64 bits per heavy atom. The van der Waals surface area contributed by atoms with Crippen molar-refractivity contribution >= 4 is 6.01 Å². The quantitative estimate of drug-likeness (QED) is 0.247. The maximum absolute atomic E-state index is 5.16. The lowest BCUT2D eigenvalue weighted by Gasteiger charge is -2.05. The van der Waals surface area contributed by atoms with E-state index in [0.29, 0.717) is 13.1 Å². The van der Waals surface area contributed by atoms with Gasteiger partial charge in [-0.3, -0.25) is 11.7 Å². The van der Waals surface area contributed by atoms with E-state index in [1.807, 2.05) is 6.92 Å². The van der Waals surface area contributed by atoms with Gasteiger partial charge in [0.1, 0.15) is 0 Å². The highest BCUT2D eigenvalue weighted by molar-refractivity contribution is 5.40. The van der Waals surface area contributed by atoms with Gasteiger partial charge in [0.25, 0.3) is 0 Å². The van der Waals surface area contributed by atoms with Crippen molar-refractivity contribution in [1.82, 2.24) is 5.12 Å². The van der Waals surface area contributed by atoms with E-state index in [9.17, 15) is 0 Å². The molecular formula is C6H15N5. The van der Waals surface area contributed by atoms with Crippen LogP contribution in [0.25, 0.3) is 0 Å². The second-order valence-electron chi connectivity index (χ2n) is 2.05. The van der Waals surface area contributed by atoms with Crippen molar-refractivity contribution in [1.29, 1.82) is 0 Å². The van der Waals surface area contributed by atoms with Crippen LogP contribution >= 0.6 is 0 Å². The molecule has 0 aliphatic heterocycles. The highest BCUT2D eigenvalue weighted by Gasteiger charge is 1.87. The second-order valence-corrected chi connectivity index (χ2v) is 2.05. The molecule has 0 heterocycles. The fourth-order valence-corrected chi connectivity index (χ4v) is 0.503. The minimum atomic E-state index is 0.636. The molecule has 0 bridgehead atoms. The van der Waals surface area contributed by atoms with Crippen LogP contribution in [0.1, 0.15) is 13.3 Å². The maximum Gasteiger partial charge on any atom is 0.0892 e. The molecule has 0 radical (unpaired) electrons. The summed E-state index contributed by atoms with van der Waals surface area (Å²) in [6, 6.07) is 2.56. The topological polar surface area (TPSA) is 80.0 Å². The monoisotopic (exact) mass is 157 g/mol. The lowest BCUT2D eigenvalue weighted by molar-refractivity contribution is 0.292. The summed E-state index contributed by atoms with van der Waals surface area (Å²) in [7, 11) is 0. The summed E-state index contributed by atoms with van der Waals surface area (Å²) in [4.78, 5) is 7.67. The SMILES string of the molecule is CCN=C=NCCCN(N)N. The third-order valence-electron chi connectivity index (χ3n) is 0.986. The zero-order chi connectivity index (χ0) is 8.53. The molecule has 0 atom stereocenters. The van der Waals surface area contributed by atoms with Crippen molar-refractivity contribution in [2.75, 3.05) is 19.6 Å². The highest BCUT2D eigenvalue weighted by atomic mass is 15.6. The molecule has 64 valence electrons. The first-order chi connectivity index (χ1) is 5.27. The van der Waals surface area contributed by atoms with Crippen LogP contribution in [0.15, 0.2) is 9.98 Å². The third-order valence-corrected chi connectivity index (χ3v) is 0.986. The Balaban J connectivity index is 3.20. The molecule has 0 aromatic carbocycles. The number of rotatable bonds is 5. The fourth-order valence-electron chi connectivity index (χ4n) is 0.503. The van der Waals surface area contributed by atoms with Crippen LogP contribution in [-0.4, -0.2) is 30.8 Å². The highest BCUT2D eigenvalue weighted by Crippen LogP contribution is 1.78. The fraction of sp³-hybridized carbons (Fsp3) is 0.833. The zero-order valence-electron chi connectivity index (χ0n) is 6.82. The first-order valence-electron chi connectivity index (χ1n) is 3.62. The molecule has 0 amide bonds. The number of hydrogen-bond acceptors (Lipinski definition) is 5. The summed E-state index contributed by atoms with van der Waals surface area (Å²) < 4.78 is 0. The molecule has 0 saturated heterocycles. The van der Waals surface area contributed by atoms with Gasteiger partial charge in [0.15, 0.2) is 0 Å². The Hall–Kier alpha value is -0.740. The summed E-state index contributed by atoms with van der Waals surface area (Å²) in [5.74, 6) is 10.3. The van der Waals surface area contributed by atoms with Crippen LogP contribution in [0.4, 0.5) is 0 Å². The Morgan fingerprint density at radius 2 is 2.09 bits per heavy atom. The first-order valence-corrected chi connectivity index (χ1v) is 3.62. The molecule has 11 heavy (non-hydrogen) atoms. The van der Waals surface area contributed by atoms with Gasteiger partial charge in [-0.1, -0.05) is 0 Å². The van der Waals surface area contributed by atoms with E-state index in [2.05, 4.69) is 16.0 Å². The number of nitrogens with two attached hydrogens (primary N) is 2. The van der Waals surface area contributed by atoms with Crippen LogP contribution in [-0.2, 0) is 0 Å². The summed E-state index contributed by atoms with van der Waals surface area (Å²) in [6.45, 7) is 3.97. The molecule has 5 heteroatoms. The van der Waals surface area contributed by atoms with Crippen molar-refractivity contribution in [2.24, 2.45) is 21.7 Å². The van der Waals surface area contributed by atoms with Gasteiger partial charge in [-0.25, -0.2) is 9.98 Å². The van der Waals surface area contributed by atoms with E-state index in [1.54, 1.807) is 0 Å². The Kier molecular flexibility index (Phi) is 6.87. The molecule has 0 saturated carbocycles. The minimum Gasteiger partial charge on any atom is -0.255 e. The molecule has 5 nitrogen and oxygen atoms in total. The van der Waals surface area contributed by atoms with Gasteiger partial charge >= 0.3 is 0 Å². The van der Waals surface area contributed by atoms with Crippen molar-refractivity contribution < 1.29 is 0 Å². The standard InChI is InChI=1S/C6H15N5/c1-2-9-6-10-4-3-5-11(7)8/h2-5,7-8H2,1H3. The lowest BCUT2D eigenvalue weighted by Crippen LogP contribution is -2.38. The smallest absolute Gasteiger partial charge is 0.0892 e. The zero-order valence-corrected chi connectivity index (χ0v) is 6.82. The molecule has 0 aromatic heterocycles. The predicted octanol–water partition coefficient (Wildman–Crippen LogP) is -0.380. The Labute approximate surface area is 66.7 Å². The molecule has 0 aromatic rings. The van der Waals surface area contributed by atoms with E-state index >= 15 is 0 Å². The van der Waals surface area contributed by atoms with Crippen LogP contribution in [0.5, 0.6) is 0 Å². The van der Waals surface area contributed by atoms with E-state index < -0.39 is 0 Å². The van der Waals surface area contributed by atoms with Gasteiger partial charge < -0.3 is 0 Å². The van der Waals surface area contributed by atoms with Gasteiger partial charge in [0.2, 0.25) is 0 Å². The van der Waals surface area contributed by atoms with Crippen molar-refractivity contribution in [3.63, 3.8) is 0 Å². The maximum atomic E-state index is 5.16. The Bertz CT molecular complexity index is 136. The molecule has 0 fully saturated rings. The van der Waals surface area contributed by atoms with Crippen LogP contribution in [0, 0.1) is 0 Å². The summed E-state index contributed by atoms with van der Waals surface area (Å²) in [6.07, 6.45) is 0.833. The summed E-state index contributed by atoms with van der Waals surface area (Å²) in [5, 5.41) is 1.15. The van der Waals surface area contributed by atoms with Crippen LogP contribution in [0.3, 0.4) is 0 Å². The molecule has 0 unspecified atom stereocenters. The number of hydrazine groups is 2. The van der Waals surface area contributed by atoms with Gasteiger partial charge in [0.05, 0.1) is 12.6 Å². The number of aliphatic imine (C=N–C) groups is 2. The molecule has 4 N–H and O–H groups in total. The van der Waals surface area contributed by atoms with Crippen molar-refractivity contribution in [3.05, 3.63) is 0 Å². The van der Waals surface area contributed by atoms with Gasteiger partial charge in [-0.05, 0) is 13.3 Å². The average molecular weight is 157 g/mol. The third kappa shape index (κ3) is 9.26. The van der Waals surface area contributed by atoms with E-state index in [0.717, 1.165) is 18.1 Å². The first kappa shape index (κ1) is 10.3. The molecular weight excluding hydrogens is 142 g/mol. The lowest BCUT2D eigenvalue weighted by atomic mass is 10.4. The molecule has 0 aliphatic rings. The van der Waals surface area contributed by atoms with E-state index in [4.69, 9.17) is 11.7 Å². The number of hydrogen-bond donors (Lipinski definition) is 2. The largest absolute Gasteiger partial charge is 0.255 e. The van der Waals surface area contributed by atoms with E-state index in [-0.39, 0.29) is 0 Å². The average Bonchev–Trinajstić information content (AvgIpc) is 1.96. The van der Waals surface area contributed by atoms with E-state index in [1.165, 1.54) is 0 Å². The normalized spacial score (nSPS) is 9.45. The Morgan fingerprint density at radius 1 is 1.36 bits per heavy atom. The molecule has 0 rings (SSSR count). The second kappa shape index (κ2) is 7.37. The summed E-state index contributed by atoms with van der Waals surface area (Å²) >= 11 is 0. The van der Waals surface area contributed by atoms with Gasteiger partial charge in [0, 0.05) is 13.1 Å². The summed E-state index contributed by atoms with van der Waals surface area (Å²) in [5.41, 5.74) is 0. The van der Waals surface area contributed by atoms with Crippen molar-refractivity contribution in [2.45, 2.75) is 13.3 Å². The van der Waals surface area contributed by atoms with Crippen molar-refractivity contribution in [3.8, 4) is 0 Å². The van der Waals surface area contributed by atoms with Gasteiger partial charge in [-0.2, -0.15) is 5.12 Å². The minimum absolute atomic E-state index is 0.636. The molecule has 0 spiro atoms.